The van der Waals surface area contributed by atoms with E-state index in [9.17, 15) is 4.79 Å². The molecule has 0 amide bonds. The van der Waals surface area contributed by atoms with E-state index in [-0.39, 0.29) is 5.97 Å². The summed E-state index contributed by atoms with van der Waals surface area (Å²) in [5, 5.41) is 6.21. The largest absolute Gasteiger partial charge is 0.462 e. The highest BCUT2D eigenvalue weighted by molar-refractivity contribution is 7.14. The van der Waals surface area contributed by atoms with Gasteiger partial charge in [-0.1, -0.05) is 13.8 Å². The number of aromatic amines is 1. The molecule has 6 heteroatoms. The van der Waals surface area contributed by atoms with Crippen molar-refractivity contribution in [3.63, 3.8) is 0 Å². The molecule has 0 radical (unpaired) electrons. The summed E-state index contributed by atoms with van der Waals surface area (Å²) < 4.78 is 5.12. The molecule has 2 aromatic rings. The van der Waals surface area contributed by atoms with Crippen LogP contribution in [0, 0.1) is 19.8 Å². The maximum atomic E-state index is 12.0. The van der Waals surface area contributed by atoms with Gasteiger partial charge in [-0.25, -0.2) is 9.78 Å². The minimum atomic E-state index is -0.284. The zero-order valence-electron chi connectivity index (χ0n) is 13.7. The van der Waals surface area contributed by atoms with E-state index in [1.165, 1.54) is 0 Å². The Bertz CT molecular complexity index is 658. The van der Waals surface area contributed by atoms with Crippen LogP contribution in [-0.2, 0) is 4.74 Å². The number of carbonyl (C=O) groups is 1. The van der Waals surface area contributed by atoms with E-state index in [0.717, 1.165) is 34.3 Å². The Kier molecular flexibility index (Phi) is 5.24. The molecule has 2 rings (SSSR count). The third-order valence-electron chi connectivity index (χ3n) is 3.34. The summed E-state index contributed by atoms with van der Waals surface area (Å²) in [5.74, 6) is 0.283. The molecule has 0 aliphatic rings. The normalized spacial score (nSPS) is 11.0. The Morgan fingerprint density at radius 1 is 1.45 bits per heavy atom. The van der Waals surface area contributed by atoms with Gasteiger partial charge in [-0.15, -0.1) is 11.3 Å². The lowest BCUT2D eigenvalue weighted by atomic mass is 10.1. The molecule has 0 aliphatic heterocycles. The molecular formula is C16H23N3O2S. The number of nitrogens with zero attached hydrogens (tertiary/aromatic N) is 1. The predicted molar refractivity (Wildman–Crippen MR) is 90.7 cm³/mol. The fourth-order valence-corrected chi connectivity index (χ4v) is 2.99. The molecule has 0 spiro atoms. The standard InChI is InChI=1S/C16H23N3O2S/c1-6-21-15(20)13-10(4)14(18-11(13)5)12-8-22-16(19-12)17-7-9(2)3/h8-9,18H,6-7H2,1-5H3,(H,17,19). The monoisotopic (exact) mass is 321 g/mol. The number of rotatable bonds is 6. The molecule has 5 nitrogen and oxygen atoms in total. The molecule has 0 fully saturated rings. The number of aryl methyl sites for hydroxylation is 1. The highest BCUT2D eigenvalue weighted by Gasteiger charge is 2.21. The molecule has 0 atom stereocenters. The second-order valence-corrected chi connectivity index (χ2v) is 6.52. The summed E-state index contributed by atoms with van der Waals surface area (Å²) in [7, 11) is 0. The second-order valence-electron chi connectivity index (χ2n) is 5.66. The molecule has 0 aromatic carbocycles. The maximum Gasteiger partial charge on any atom is 0.340 e. The van der Waals surface area contributed by atoms with Crippen LogP contribution in [0.5, 0.6) is 0 Å². The van der Waals surface area contributed by atoms with Crippen LogP contribution in [0.2, 0.25) is 0 Å². The average molecular weight is 321 g/mol. The van der Waals surface area contributed by atoms with E-state index >= 15 is 0 Å². The number of anilines is 1. The predicted octanol–water partition coefficient (Wildman–Crippen LogP) is 4.00. The van der Waals surface area contributed by atoms with Gasteiger partial charge in [0.15, 0.2) is 5.13 Å². The smallest absolute Gasteiger partial charge is 0.340 e. The molecular weight excluding hydrogens is 298 g/mol. The molecule has 2 heterocycles. The molecule has 2 aromatic heterocycles. The van der Waals surface area contributed by atoms with Gasteiger partial charge in [0.1, 0.15) is 5.69 Å². The van der Waals surface area contributed by atoms with Gasteiger partial charge in [-0.3, -0.25) is 0 Å². The van der Waals surface area contributed by atoms with Crippen LogP contribution in [0.15, 0.2) is 5.38 Å². The van der Waals surface area contributed by atoms with Crippen molar-refractivity contribution in [3.8, 4) is 11.4 Å². The first-order chi connectivity index (χ1) is 10.4. The number of H-pyrrole nitrogens is 1. The number of ether oxygens (including phenoxy) is 1. The average Bonchev–Trinajstić information content (AvgIpc) is 3.01. The lowest BCUT2D eigenvalue weighted by Crippen LogP contribution is -2.07. The first kappa shape index (κ1) is 16.5. The van der Waals surface area contributed by atoms with Crippen LogP contribution >= 0.6 is 11.3 Å². The zero-order chi connectivity index (χ0) is 16.3. The van der Waals surface area contributed by atoms with Crippen molar-refractivity contribution in [1.82, 2.24) is 9.97 Å². The third-order valence-corrected chi connectivity index (χ3v) is 4.14. The van der Waals surface area contributed by atoms with Crippen molar-refractivity contribution in [1.29, 1.82) is 0 Å². The van der Waals surface area contributed by atoms with Crippen molar-refractivity contribution < 1.29 is 9.53 Å². The van der Waals surface area contributed by atoms with Crippen LogP contribution < -0.4 is 5.32 Å². The molecule has 0 aliphatic carbocycles. The summed E-state index contributed by atoms with van der Waals surface area (Å²) in [6.07, 6.45) is 0. The lowest BCUT2D eigenvalue weighted by molar-refractivity contribution is 0.0525. The Balaban J connectivity index is 2.26. The summed E-state index contributed by atoms with van der Waals surface area (Å²) in [4.78, 5) is 19.9. The second kappa shape index (κ2) is 6.96. The SMILES string of the molecule is CCOC(=O)c1c(C)[nH]c(-c2csc(NCC(C)C)n2)c1C. The van der Waals surface area contributed by atoms with Gasteiger partial charge in [-0.2, -0.15) is 0 Å². The van der Waals surface area contributed by atoms with Gasteiger partial charge >= 0.3 is 5.97 Å². The summed E-state index contributed by atoms with van der Waals surface area (Å²) in [5.41, 5.74) is 4.05. The molecule has 22 heavy (non-hydrogen) atoms. The summed E-state index contributed by atoms with van der Waals surface area (Å²) >= 11 is 1.57. The van der Waals surface area contributed by atoms with Crippen molar-refractivity contribution in [2.45, 2.75) is 34.6 Å². The summed E-state index contributed by atoms with van der Waals surface area (Å²) in [6.45, 7) is 11.2. The fourth-order valence-electron chi connectivity index (χ4n) is 2.28. The van der Waals surface area contributed by atoms with Gasteiger partial charge in [0, 0.05) is 17.6 Å². The summed E-state index contributed by atoms with van der Waals surface area (Å²) in [6, 6.07) is 0. The first-order valence-corrected chi connectivity index (χ1v) is 8.38. The molecule has 0 bridgehead atoms. The van der Waals surface area contributed by atoms with E-state index < -0.39 is 0 Å². The molecule has 2 N–H and O–H groups in total. The zero-order valence-corrected chi connectivity index (χ0v) is 14.6. The van der Waals surface area contributed by atoms with Gasteiger partial charge < -0.3 is 15.0 Å². The number of hydrogen-bond donors (Lipinski definition) is 2. The molecule has 0 saturated carbocycles. The van der Waals surface area contributed by atoms with Crippen molar-refractivity contribution in [2.24, 2.45) is 5.92 Å². The minimum Gasteiger partial charge on any atom is -0.462 e. The van der Waals surface area contributed by atoms with Gasteiger partial charge in [0.05, 0.1) is 17.9 Å². The van der Waals surface area contributed by atoms with Gasteiger partial charge in [-0.05, 0) is 32.3 Å². The number of nitrogens with one attached hydrogen (secondary N) is 2. The molecule has 120 valence electrons. The number of hydrogen-bond acceptors (Lipinski definition) is 5. The van der Waals surface area contributed by atoms with Crippen LogP contribution in [0.3, 0.4) is 0 Å². The third kappa shape index (κ3) is 3.50. The van der Waals surface area contributed by atoms with E-state index in [1.54, 1.807) is 11.3 Å². The number of thiazole rings is 1. The van der Waals surface area contributed by atoms with E-state index in [2.05, 4.69) is 29.1 Å². The van der Waals surface area contributed by atoms with Gasteiger partial charge in [0.25, 0.3) is 0 Å². The van der Waals surface area contributed by atoms with Crippen molar-refractivity contribution in [2.75, 3.05) is 18.5 Å². The fraction of sp³-hybridized carbons (Fsp3) is 0.500. The highest BCUT2D eigenvalue weighted by Crippen LogP contribution is 2.30. The maximum absolute atomic E-state index is 12.0. The lowest BCUT2D eigenvalue weighted by Gasteiger charge is -2.04. The Hall–Kier alpha value is -1.82. The quantitative estimate of drug-likeness (QED) is 0.789. The van der Waals surface area contributed by atoms with E-state index in [1.807, 2.05) is 26.2 Å². The van der Waals surface area contributed by atoms with Crippen molar-refractivity contribution in [3.05, 3.63) is 22.2 Å². The van der Waals surface area contributed by atoms with Crippen molar-refractivity contribution >= 4 is 22.4 Å². The number of esters is 1. The number of aromatic nitrogens is 2. The Labute approximate surface area is 135 Å². The number of carbonyl (C=O) groups excluding carboxylic acids is 1. The van der Waals surface area contributed by atoms with E-state index in [4.69, 9.17) is 4.74 Å². The Morgan fingerprint density at radius 2 is 2.18 bits per heavy atom. The molecule has 0 unspecified atom stereocenters. The first-order valence-electron chi connectivity index (χ1n) is 7.50. The van der Waals surface area contributed by atoms with Crippen LogP contribution in [-0.4, -0.2) is 29.1 Å². The topological polar surface area (TPSA) is 67.0 Å². The highest BCUT2D eigenvalue weighted by atomic mass is 32.1. The Morgan fingerprint density at radius 3 is 2.82 bits per heavy atom. The molecule has 0 saturated heterocycles. The van der Waals surface area contributed by atoms with Crippen LogP contribution in [0.25, 0.3) is 11.4 Å². The van der Waals surface area contributed by atoms with Crippen LogP contribution in [0.4, 0.5) is 5.13 Å². The van der Waals surface area contributed by atoms with Gasteiger partial charge in [0.2, 0.25) is 0 Å². The minimum absolute atomic E-state index is 0.284. The van der Waals surface area contributed by atoms with E-state index in [0.29, 0.717) is 18.1 Å². The van der Waals surface area contributed by atoms with Crippen LogP contribution in [0.1, 0.15) is 42.4 Å².